The Morgan fingerprint density at radius 3 is 2.83 bits per heavy atom. The second kappa shape index (κ2) is 7.91. The summed E-state index contributed by atoms with van der Waals surface area (Å²) in [5, 5.41) is 4.82. The van der Waals surface area contributed by atoms with Crippen LogP contribution in [0.3, 0.4) is 0 Å². The van der Waals surface area contributed by atoms with Crippen LogP contribution in [0.4, 0.5) is 5.69 Å². The molecule has 0 saturated carbocycles. The average Bonchev–Trinajstić information content (AvgIpc) is 3.13. The average molecular weight is 330 g/mol. The maximum Gasteiger partial charge on any atom is 0.248 e. The number of nitrogens with one attached hydrogen (secondary N) is 1. The number of anilines is 1. The number of rotatable bonds is 3. The SMILES string of the molecule is O=C(/C=C\c1ccccn1)Nc1cccc(C#Cc2cccs2)c1. The molecule has 2 aromatic heterocycles. The van der Waals surface area contributed by atoms with Crippen molar-refractivity contribution in [1.29, 1.82) is 0 Å². The van der Waals surface area contributed by atoms with E-state index in [-0.39, 0.29) is 5.91 Å². The third kappa shape index (κ3) is 4.67. The zero-order chi connectivity index (χ0) is 16.6. The van der Waals surface area contributed by atoms with Gasteiger partial charge in [0.05, 0.1) is 10.6 Å². The van der Waals surface area contributed by atoms with E-state index in [1.807, 2.05) is 60.0 Å². The van der Waals surface area contributed by atoms with E-state index in [4.69, 9.17) is 0 Å². The first kappa shape index (κ1) is 15.7. The third-order valence-corrected chi connectivity index (χ3v) is 3.86. The van der Waals surface area contributed by atoms with Gasteiger partial charge in [-0.15, -0.1) is 11.3 Å². The summed E-state index contributed by atoms with van der Waals surface area (Å²) in [5.41, 5.74) is 2.31. The summed E-state index contributed by atoms with van der Waals surface area (Å²) in [7, 11) is 0. The standard InChI is InChI=1S/C20H14N2OS/c23-20(12-10-17-6-1-2-13-21-17)22-18-7-3-5-16(15-18)9-11-19-8-4-14-24-19/h1-8,10,12-15H,(H,22,23)/b12-10-. The van der Waals surface area contributed by atoms with Gasteiger partial charge in [0.2, 0.25) is 5.91 Å². The predicted molar refractivity (Wildman–Crippen MR) is 98.6 cm³/mol. The van der Waals surface area contributed by atoms with E-state index in [0.29, 0.717) is 5.69 Å². The molecule has 1 aromatic carbocycles. The molecule has 0 aliphatic rings. The molecule has 0 bridgehead atoms. The summed E-state index contributed by atoms with van der Waals surface area (Å²) in [6, 6.07) is 17.0. The minimum absolute atomic E-state index is 0.205. The number of nitrogens with zero attached hydrogens (tertiary/aromatic N) is 1. The van der Waals surface area contributed by atoms with Crippen LogP contribution in [0.1, 0.15) is 16.1 Å². The third-order valence-electron chi connectivity index (χ3n) is 3.07. The first-order valence-corrected chi connectivity index (χ1v) is 8.23. The molecule has 116 valence electrons. The molecule has 24 heavy (non-hydrogen) atoms. The Kier molecular flexibility index (Phi) is 5.18. The van der Waals surface area contributed by atoms with Crippen molar-refractivity contribution in [3.8, 4) is 11.8 Å². The number of thiophene rings is 1. The molecular formula is C20H14N2OS. The van der Waals surface area contributed by atoms with E-state index in [2.05, 4.69) is 22.1 Å². The van der Waals surface area contributed by atoms with E-state index >= 15 is 0 Å². The molecular weight excluding hydrogens is 316 g/mol. The van der Waals surface area contributed by atoms with Gasteiger partial charge in [-0.1, -0.05) is 30.0 Å². The Labute approximate surface area is 144 Å². The highest BCUT2D eigenvalue weighted by atomic mass is 32.1. The van der Waals surface area contributed by atoms with Gasteiger partial charge >= 0.3 is 0 Å². The Hall–Kier alpha value is -3.16. The molecule has 2 heterocycles. The number of hydrogen-bond donors (Lipinski definition) is 1. The van der Waals surface area contributed by atoms with Crippen LogP contribution >= 0.6 is 11.3 Å². The molecule has 0 aliphatic carbocycles. The lowest BCUT2D eigenvalue weighted by molar-refractivity contribution is -0.111. The number of carbonyl (C=O) groups excluding carboxylic acids is 1. The Bertz CT molecular complexity index is 904. The molecule has 0 spiro atoms. The highest BCUT2D eigenvalue weighted by molar-refractivity contribution is 7.10. The Morgan fingerprint density at radius 1 is 1.08 bits per heavy atom. The first-order valence-electron chi connectivity index (χ1n) is 7.35. The smallest absolute Gasteiger partial charge is 0.248 e. The van der Waals surface area contributed by atoms with Crippen LogP contribution < -0.4 is 5.32 Å². The van der Waals surface area contributed by atoms with Gasteiger partial charge in [0, 0.05) is 23.5 Å². The molecule has 0 radical (unpaired) electrons. The van der Waals surface area contributed by atoms with Crippen LogP contribution in [0.5, 0.6) is 0 Å². The maximum absolute atomic E-state index is 12.0. The molecule has 0 unspecified atom stereocenters. The highest BCUT2D eigenvalue weighted by Crippen LogP contribution is 2.11. The van der Waals surface area contributed by atoms with E-state index in [0.717, 1.165) is 16.1 Å². The predicted octanol–water partition coefficient (Wildman–Crippen LogP) is 4.19. The monoisotopic (exact) mass is 330 g/mol. The summed E-state index contributed by atoms with van der Waals surface area (Å²) < 4.78 is 0. The number of pyridine rings is 1. The second-order valence-corrected chi connectivity index (χ2v) is 5.83. The lowest BCUT2D eigenvalue weighted by atomic mass is 10.2. The summed E-state index contributed by atoms with van der Waals surface area (Å²) in [6.45, 7) is 0. The fourth-order valence-electron chi connectivity index (χ4n) is 1.98. The van der Waals surface area contributed by atoms with Crippen molar-refractivity contribution in [2.75, 3.05) is 5.32 Å². The second-order valence-electron chi connectivity index (χ2n) is 4.89. The van der Waals surface area contributed by atoms with Gasteiger partial charge in [-0.25, -0.2) is 0 Å². The fraction of sp³-hybridized carbons (Fsp3) is 0. The van der Waals surface area contributed by atoms with Crippen molar-refractivity contribution >= 4 is 29.0 Å². The van der Waals surface area contributed by atoms with Gasteiger partial charge in [-0.3, -0.25) is 9.78 Å². The molecule has 0 atom stereocenters. The molecule has 0 saturated heterocycles. The van der Waals surface area contributed by atoms with Gasteiger partial charge < -0.3 is 5.32 Å². The van der Waals surface area contributed by atoms with Gasteiger partial charge in [-0.2, -0.15) is 0 Å². The van der Waals surface area contributed by atoms with Crippen molar-refractivity contribution in [2.45, 2.75) is 0 Å². The van der Waals surface area contributed by atoms with Crippen molar-refractivity contribution in [3.05, 3.63) is 88.4 Å². The lowest BCUT2D eigenvalue weighted by Gasteiger charge is -2.02. The highest BCUT2D eigenvalue weighted by Gasteiger charge is 1.99. The first-order chi connectivity index (χ1) is 11.8. The number of amides is 1. The number of carbonyl (C=O) groups is 1. The fourth-order valence-corrected chi connectivity index (χ4v) is 2.55. The van der Waals surface area contributed by atoms with Crippen LogP contribution in [0, 0.1) is 11.8 Å². The zero-order valence-corrected chi connectivity index (χ0v) is 13.6. The van der Waals surface area contributed by atoms with Gasteiger partial charge in [0.15, 0.2) is 0 Å². The molecule has 3 nitrogen and oxygen atoms in total. The molecule has 1 amide bonds. The minimum Gasteiger partial charge on any atom is -0.322 e. The molecule has 4 heteroatoms. The summed E-state index contributed by atoms with van der Waals surface area (Å²) in [4.78, 5) is 17.1. The van der Waals surface area contributed by atoms with Gasteiger partial charge in [0.1, 0.15) is 0 Å². The lowest BCUT2D eigenvalue weighted by Crippen LogP contribution is -2.07. The zero-order valence-electron chi connectivity index (χ0n) is 12.8. The van der Waals surface area contributed by atoms with Crippen LogP contribution in [0.25, 0.3) is 6.08 Å². The quantitative estimate of drug-likeness (QED) is 0.578. The topological polar surface area (TPSA) is 42.0 Å². The van der Waals surface area contributed by atoms with Crippen LogP contribution in [0.2, 0.25) is 0 Å². The van der Waals surface area contributed by atoms with Crippen molar-refractivity contribution in [2.24, 2.45) is 0 Å². The van der Waals surface area contributed by atoms with E-state index < -0.39 is 0 Å². The van der Waals surface area contributed by atoms with E-state index in [1.165, 1.54) is 6.08 Å². The maximum atomic E-state index is 12.0. The number of benzene rings is 1. The number of aromatic nitrogens is 1. The minimum atomic E-state index is -0.205. The normalized spacial score (nSPS) is 10.2. The molecule has 1 N–H and O–H groups in total. The van der Waals surface area contributed by atoms with E-state index in [1.54, 1.807) is 23.6 Å². The summed E-state index contributed by atoms with van der Waals surface area (Å²) >= 11 is 1.60. The van der Waals surface area contributed by atoms with Crippen LogP contribution in [-0.4, -0.2) is 10.9 Å². The van der Waals surface area contributed by atoms with Gasteiger partial charge in [-0.05, 0) is 47.9 Å². The number of hydrogen-bond acceptors (Lipinski definition) is 3. The largest absolute Gasteiger partial charge is 0.322 e. The summed E-state index contributed by atoms with van der Waals surface area (Å²) in [6.07, 6.45) is 4.83. The summed E-state index contributed by atoms with van der Waals surface area (Å²) in [5.74, 6) is 6.00. The van der Waals surface area contributed by atoms with E-state index in [9.17, 15) is 4.79 Å². The molecule has 0 fully saturated rings. The molecule has 3 aromatic rings. The van der Waals surface area contributed by atoms with Crippen molar-refractivity contribution in [3.63, 3.8) is 0 Å². The van der Waals surface area contributed by atoms with Crippen LogP contribution in [0.15, 0.2) is 72.3 Å². The Balaban J connectivity index is 1.66. The Morgan fingerprint density at radius 2 is 2.04 bits per heavy atom. The van der Waals surface area contributed by atoms with Crippen molar-refractivity contribution < 1.29 is 4.79 Å². The van der Waals surface area contributed by atoms with Gasteiger partial charge in [0.25, 0.3) is 0 Å². The molecule has 3 rings (SSSR count). The van der Waals surface area contributed by atoms with Crippen LogP contribution in [-0.2, 0) is 4.79 Å². The van der Waals surface area contributed by atoms with Crippen molar-refractivity contribution in [1.82, 2.24) is 4.98 Å². The molecule has 0 aliphatic heterocycles.